The highest BCUT2D eigenvalue weighted by molar-refractivity contribution is 7.98. The Labute approximate surface area is 113 Å². The van der Waals surface area contributed by atoms with Gasteiger partial charge in [0.2, 0.25) is 0 Å². The van der Waals surface area contributed by atoms with Crippen LogP contribution in [0.2, 0.25) is 0 Å². The number of hydrogen-bond donors (Lipinski definition) is 1. The fourth-order valence-electron chi connectivity index (χ4n) is 1.60. The van der Waals surface area contributed by atoms with Gasteiger partial charge in [-0.15, -0.1) is 11.8 Å². The molecular formula is C14H21NO2S. The third kappa shape index (κ3) is 4.35. The number of hydrogen-bond acceptors (Lipinski definition) is 4. The second-order valence-corrected chi connectivity index (χ2v) is 5.98. The summed E-state index contributed by atoms with van der Waals surface area (Å²) in [5, 5.41) is 0. The van der Waals surface area contributed by atoms with Crippen LogP contribution in [-0.4, -0.2) is 24.4 Å². The van der Waals surface area contributed by atoms with Crippen LogP contribution in [-0.2, 0) is 9.53 Å². The predicted octanol–water partition coefficient (Wildman–Crippen LogP) is 2.79. The van der Waals surface area contributed by atoms with Crippen molar-refractivity contribution in [3.8, 4) is 0 Å². The predicted molar refractivity (Wildman–Crippen MR) is 75.9 cm³/mol. The number of esters is 1. The lowest BCUT2D eigenvalue weighted by Crippen LogP contribution is -2.31. The minimum Gasteiger partial charge on any atom is -0.459 e. The zero-order chi connectivity index (χ0) is 13.8. The van der Waals surface area contributed by atoms with Crippen molar-refractivity contribution >= 4 is 17.7 Å². The maximum atomic E-state index is 12.1. The Bertz CT molecular complexity index is 413. The molecule has 100 valence electrons. The molecular weight excluding hydrogens is 246 g/mol. The molecule has 0 aromatic heterocycles. The van der Waals surface area contributed by atoms with Crippen LogP contribution in [0.1, 0.15) is 32.3 Å². The topological polar surface area (TPSA) is 52.3 Å². The van der Waals surface area contributed by atoms with E-state index in [1.165, 1.54) is 0 Å². The summed E-state index contributed by atoms with van der Waals surface area (Å²) in [6.07, 6.45) is 2.00. The van der Waals surface area contributed by atoms with Gasteiger partial charge in [-0.1, -0.05) is 12.1 Å². The van der Waals surface area contributed by atoms with Gasteiger partial charge in [-0.25, -0.2) is 0 Å². The van der Waals surface area contributed by atoms with Gasteiger partial charge in [-0.3, -0.25) is 4.79 Å². The molecule has 0 radical (unpaired) electrons. The smallest absolute Gasteiger partial charge is 0.315 e. The van der Waals surface area contributed by atoms with E-state index in [2.05, 4.69) is 0 Å². The van der Waals surface area contributed by atoms with Gasteiger partial charge in [0.25, 0.3) is 0 Å². The van der Waals surface area contributed by atoms with E-state index in [-0.39, 0.29) is 12.5 Å². The van der Waals surface area contributed by atoms with Gasteiger partial charge in [0.15, 0.2) is 0 Å². The number of rotatable bonds is 4. The fourth-order valence-corrected chi connectivity index (χ4v) is 2.07. The largest absolute Gasteiger partial charge is 0.459 e. The normalized spacial score (nSPS) is 13.2. The Morgan fingerprint density at radius 1 is 1.44 bits per heavy atom. The summed E-state index contributed by atoms with van der Waals surface area (Å²) in [7, 11) is 0. The van der Waals surface area contributed by atoms with Crippen molar-refractivity contribution in [1.82, 2.24) is 0 Å². The van der Waals surface area contributed by atoms with Crippen molar-refractivity contribution in [1.29, 1.82) is 0 Å². The Kier molecular flexibility index (Phi) is 5.23. The molecule has 0 bridgehead atoms. The highest BCUT2D eigenvalue weighted by Gasteiger charge is 2.25. The van der Waals surface area contributed by atoms with Gasteiger partial charge in [-0.2, -0.15) is 0 Å². The van der Waals surface area contributed by atoms with E-state index in [0.29, 0.717) is 0 Å². The van der Waals surface area contributed by atoms with E-state index in [0.717, 1.165) is 10.5 Å². The molecule has 1 aromatic carbocycles. The second-order valence-electron chi connectivity index (χ2n) is 5.10. The molecule has 0 heterocycles. The highest BCUT2D eigenvalue weighted by Crippen LogP contribution is 2.24. The van der Waals surface area contributed by atoms with Crippen LogP contribution in [0.25, 0.3) is 0 Å². The molecule has 1 atom stereocenters. The summed E-state index contributed by atoms with van der Waals surface area (Å²) in [4.78, 5) is 13.2. The average Bonchev–Trinajstić information content (AvgIpc) is 2.28. The first kappa shape index (κ1) is 15.1. The number of carbonyl (C=O) groups excluding carboxylic acids is 1. The maximum Gasteiger partial charge on any atom is 0.315 e. The van der Waals surface area contributed by atoms with Crippen LogP contribution < -0.4 is 5.73 Å². The van der Waals surface area contributed by atoms with Gasteiger partial charge < -0.3 is 10.5 Å². The molecule has 0 spiro atoms. The zero-order valence-electron chi connectivity index (χ0n) is 11.4. The number of nitrogens with two attached hydrogens (primary N) is 1. The molecule has 0 aliphatic carbocycles. The highest BCUT2D eigenvalue weighted by atomic mass is 32.2. The van der Waals surface area contributed by atoms with Crippen LogP contribution in [0.4, 0.5) is 0 Å². The van der Waals surface area contributed by atoms with Crippen molar-refractivity contribution < 1.29 is 9.53 Å². The Hall–Kier alpha value is -1.00. The van der Waals surface area contributed by atoms with Gasteiger partial charge in [0, 0.05) is 11.4 Å². The van der Waals surface area contributed by atoms with E-state index >= 15 is 0 Å². The van der Waals surface area contributed by atoms with E-state index in [1.807, 2.05) is 51.3 Å². The van der Waals surface area contributed by atoms with Crippen molar-refractivity contribution in [3.05, 3.63) is 29.8 Å². The van der Waals surface area contributed by atoms with Gasteiger partial charge >= 0.3 is 5.97 Å². The van der Waals surface area contributed by atoms with Gasteiger partial charge in [-0.05, 0) is 44.7 Å². The van der Waals surface area contributed by atoms with Crippen LogP contribution in [0, 0.1) is 0 Å². The minimum absolute atomic E-state index is 0.257. The minimum atomic E-state index is -0.485. The molecule has 0 saturated heterocycles. The summed E-state index contributed by atoms with van der Waals surface area (Å²) in [6.45, 7) is 5.83. The first-order valence-corrected chi connectivity index (χ1v) is 7.16. The fraction of sp³-hybridized carbons (Fsp3) is 0.500. The molecule has 0 amide bonds. The summed E-state index contributed by atoms with van der Waals surface area (Å²) >= 11 is 1.64. The third-order valence-electron chi connectivity index (χ3n) is 2.42. The van der Waals surface area contributed by atoms with Gasteiger partial charge in [0.1, 0.15) is 5.60 Å². The standard InChI is InChI=1S/C14H21NO2S/c1-14(2,3)17-13(16)12(9-15)10-6-5-7-11(8-10)18-4/h5-8,12H,9,15H2,1-4H3. The van der Waals surface area contributed by atoms with E-state index in [4.69, 9.17) is 10.5 Å². The van der Waals surface area contributed by atoms with E-state index in [9.17, 15) is 4.79 Å². The first-order valence-electron chi connectivity index (χ1n) is 5.94. The molecule has 1 aromatic rings. The lowest BCUT2D eigenvalue weighted by Gasteiger charge is -2.23. The van der Waals surface area contributed by atoms with E-state index < -0.39 is 11.5 Å². The van der Waals surface area contributed by atoms with Crippen LogP contribution in [0.3, 0.4) is 0 Å². The molecule has 0 saturated carbocycles. The van der Waals surface area contributed by atoms with Crippen LogP contribution in [0.15, 0.2) is 29.2 Å². The van der Waals surface area contributed by atoms with Crippen LogP contribution in [0.5, 0.6) is 0 Å². The molecule has 1 rings (SSSR count). The molecule has 0 aliphatic heterocycles. The van der Waals surface area contributed by atoms with Crippen LogP contribution >= 0.6 is 11.8 Å². The number of ether oxygens (including phenoxy) is 1. The molecule has 0 fully saturated rings. The zero-order valence-corrected chi connectivity index (χ0v) is 12.2. The second kappa shape index (κ2) is 6.25. The van der Waals surface area contributed by atoms with Gasteiger partial charge in [0.05, 0.1) is 5.92 Å². The number of benzene rings is 1. The summed E-state index contributed by atoms with van der Waals surface area (Å²) in [5.74, 6) is -0.653. The quantitative estimate of drug-likeness (QED) is 0.673. The monoisotopic (exact) mass is 267 g/mol. The summed E-state index contributed by atoms with van der Waals surface area (Å²) in [6, 6.07) is 7.86. The summed E-state index contributed by atoms with van der Waals surface area (Å²) < 4.78 is 5.39. The lowest BCUT2D eigenvalue weighted by atomic mass is 9.99. The van der Waals surface area contributed by atoms with Crippen molar-refractivity contribution in [2.45, 2.75) is 37.2 Å². The average molecular weight is 267 g/mol. The molecule has 18 heavy (non-hydrogen) atoms. The molecule has 3 nitrogen and oxygen atoms in total. The van der Waals surface area contributed by atoms with Crippen molar-refractivity contribution in [2.24, 2.45) is 5.73 Å². The lowest BCUT2D eigenvalue weighted by molar-refractivity contribution is -0.156. The maximum absolute atomic E-state index is 12.1. The summed E-state index contributed by atoms with van der Waals surface area (Å²) in [5.41, 5.74) is 6.14. The third-order valence-corrected chi connectivity index (χ3v) is 3.15. The van der Waals surface area contributed by atoms with E-state index in [1.54, 1.807) is 11.8 Å². The Morgan fingerprint density at radius 2 is 2.11 bits per heavy atom. The SMILES string of the molecule is CSc1cccc(C(CN)C(=O)OC(C)(C)C)c1. The molecule has 4 heteroatoms. The molecule has 1 unspecified atom stereocenters. The Morgan fingerprint density at radius 3 is 2.61 bits per heavy atom. The number of thioether (sulfide) groups is 1. The first-order chi connectivity index (χ1) is 8.37. The molecule has 0 aliphatic rings. The van der Waals surface area contributed by atoms with Crippen molar-refractivity contribution in [3.63, 3.8) is 0 Å². The number of carbonyl (C=O) groups is 1. The molecule has 2 N–H and O–H groups in total. The van der Waals surface area contributed by atoms with Crippen molar-refractivity contribution in [2.75, 3.05) is 12.8 Å². The Balaban J connectivity index is 2.91.